The SMILES string of the molecule is CC(=O)O[C@]12C[C@H](C)[C@H](OC(=O)c3ccccc3)[C@@H]1[C@@H]1O[C@@]1(C)CC[C@H]1[C@@H](C=C(C)C2=O)C1(C)C. The normalized spacial score (nSPS) is 41.3. The topological polar surface area (TPSA) is 82.2 Å². The van der Waals surface area contributed by atoms with Gasteiger partial charge in [-0.25, -0.2) is 4.79 Å². The van der Waals surface area contributed by atoms with Crippen LogP contribution in [-0.2, 0) is 23.8 Å². The molecule has 0 radical (unpaired) electrons. The molecule has 8 atom stereocenters. The van der Waals surface area contributed by atoms with Crippen LogP contribution >= 0.6 is 0 Å². The average molecular weight is 481 g/mol. The maximum atomic E-state index is 14.2. The molecule has 0 aromatic heterocycles. The number of carbonyl (C=O) groups excluding carboxylic acids is 3. The predicted molar refractivity (Wildman–Crippen MR) is 129 cm³/mol. The fourth-order valence-electron chi connectivity index (χ4n) is 7.08. The van der Waals surface area contributed by atoms with Gasteiger partial charge in [0.1, 0.15) is 6.10 Å². The van der Waals surface area contributed by atoms with E-state index < -0.39 is 35.2 Å². The summed E-state index contributed by atoms with van der Waals surface area (Å²) in [5.74, 6) is -1.11. The number of ketones is 1. The number of ether oxygens (including phenoxy) is 3. The number of benzene rings is 1. The molecule has 188 valence electrons. The molecule has 1 saturated heterocycles. The van der Waals surface area contributed by atoms with Crippen molar-refractivity contribution in [2.75, 3.05) is 0 Å². The third-order valence-corrected chi connectivity index (χ3v) is 9.19. The highest BCUT2D eigenvalue weighted by molar-refractivity contribution is 6.03. The molecule has 1 aliphatic heterocycles. The van der Waals surface area contributed by atoms with Crippen molar-refractivity contribution in [2.45, 2.75) is 84.2 Å². The van der Waals surface area contributed by atoms with Gasteiger partial charge in [0.25, 0.3) is 0 Å². The highest BCUT2D eigenvalue weighted by Crippen LogP contribution is 2.64. The molecule has 3 aliphatic carbocycles. The third kappa shape index (κ3) is 3.85. The molecule has 5 rings (SSSR count). The van der Waals surface area contributed by atoms with E-state index in [-0.39, 0.29) is 23.2 Å². The van der Waals surface area contributed by atoms with E-state index in [9.17, 15) is 14.4 Å². The summed E-state index contributed by atoms with van der Waals surface area (Å²) in [6.07, 6.45) is 3.28. The quantitative estimate of drug-likeness (QED) is 0.452. The van der Waals surface area contributed by atoms with Crippen LogP contribution in [0.25, 0.3) is 0 Å². The second kappa shape index (κ2) is 8.02. The average Bonchev–Trinajstić information content (AvgIpc) is 3.56. The lowest BCUT2D eigenvalue weighted by Gasteiger charge is -2.35. The summed E-state index contributed by atoms with van der Waals surface area (Å²) in [6.45, 7) is 11.7. The first-order chi connectivity index (χ1) is 16.4. The Morgan fingerprint density at radius 1 is 1.11 bits per heavy atom. The van der Waals surface area contributed by atoms with Gasteiger partial charge in [0.15, 0.2) is 5.60 Å². The summed E-state index contributed by atoms with van der Waals surface area (Å²) < 4.78 is 18.4. The van der Waals surface area contributed by atoms with Gasteiger partial charge in [-0.05, 0) is 67.6 Å². The Morgan fingerprint density at radius 2 is 1.80 bits per heavy atom. The van der Waals surface area contributed by atoms with Crippen LogP contribution in [0.3, 0.4) is 0 Å². The van der Waals surface area contributed by atoms with Gasteiger partial charge in [0.2, 0.25) is 5.78 Å². The first-order valence-electron chi connectivity index (χ1n) is 12.8. The maximum absolute atomic E-state index is 14.2. The summed E-state index contributed by atoms with van der Waals surface area (Å²) in [4.78, 5) is 39.7. The summed E-state index contributed by atoms with van der Waals surface area (Å²) in [7, 11) is 0. The lowest BCUT2D eigenvalue weighted by molar-refractivity contribution is -0.171. The zero-order chi connectivity index (χ0) is 25.3. The van der Waals surface area contributed by atoms with Crippen molar-refractivity contribution in [3.8, 4) is 0 Å². The number of esters is 2. The molecule has 0 bridgehead atoms. The smallest absolute Gasteiger partial charge is 0.338 e. The molecule has 0 amide bonds. The Bertz CT molecular complexity index is 1090. The van der Waals surface area contributed by atoms with Crippen LogP contribution < -0.4 is 0 Å². The van der Waals surface area contributed by atoms with Gasteiger partial charge in [0.05, 0.1) is 23.2 Å². The minimum absolute atomic E-state index is 0.131. The highest BCUT2D eigenvalue weighted by Gasteiger charge is 2.72. The van der Waals surface area contributed by atoms with E-state index in [0.29, 0.717) is 29.4 Å². The van der Waals surface area contributed by atoms with Crippen molar-refractivity contribution in [3.05, 3.63) is 47.5 Å². The van der Waals surface area contributed by atoms with E-state index >= 15 is 0 Å². The molecule has 0 N–H and O–H groups in total. The third-order valence-electron chi connectivity index (χ3n) is 9.19. The van der Waals surface area contributed by atoms with Gasteiger partial charge in [-0.2, -0.15) is 0 Å². The molecule has 6 heteroatoms. The number of rotatable bonds is 3. The van der Waals surface area contributed by atoms with Gasteiger partial charge in [0, 0.05) is 13.3 Å². The van der Waals surface area contributed by atoms with Crippen LogP contribution in [0.5, 0.6) is 0 Å². The molecule has 0 spiro atoms. The van der Waals surface area contributed by atoms with Gasteiger partial charge in [-0.15, -0.1) is 0 Å². The number of epoxide rings is 1. The second-order valence-corrected chi connectivity index (χ2v) is 11.9. The number of hydrogen-bond donors (Lipinski definition) is 0. The Morgan fingerprint density at radius 3 is 2.46 bits per heavy atom. The van der Waals surface area contributed by atoms with Crippen LogP contribution in [0.15, 0.2) is 42.0 Å². The fourth-order valence-corrected chi connectivity index (χ4v) is 7.08. The lowest BCUT2D eigenvalue weighted by atomic mass is 9.77. The molecular weight excluding hydrogens is 444 g/mol. The zero-order valence-corrected chi connectivity index (χ0v) is 21.5. The summed E-state index contributed by atoms with van der Waals surface area (Å²) in [5.41, 5.74) is -0.672. The molecule has 3 fully saturated rings. The standard InChI is InChI=1S/C29H36O6/c1-16-14-21-20(27(21,4)5)12-13-28(6)25(35-28)22-23(33-26(32)19-10-8-7-9-11-19)17(2)15-29(22,24(16)31)34-18(3)30/h7-11,14,17,20-23,25H,12-13,15H2,1-6H3/t17-,20-,21+,22+,23-,25-,28-,29+/m0/s1. The van der Waals surface area contributed by atoms with Gasteiger partial charge in [-0.3, -0.25) is 9.59 Å². The number of fused-ring (bicyclic) bond motifs is 4. The molecule has 6 nitrogen and oxygen atoms in total. The van der Waals surface area contributed by atoms with Gasteiger partial charge in [-0.1, -0.05) is 45.0 Å². The second-order valence-electron chi connectivity index (χ2n) is 11.9. The summed E-state index contributed by atoms with van der Waals surface area (Å²) in [6, 6.07) is 8.84. The maximum Gasteiger partial charge on any atom is 0.338 e. The highest BCUT2D eigenvalue weighted by atomic mass is 16.6. The van der Waals surface area contributed by atoms with E-state index in [1.807, 2.05) is 19.9 Å². The number of hydrogen-bond acceptors (Lipinski definition) is 6. The molecular formula is C29H36O6. The summed E-state index contributed by atoms with van der Waals surface area (Å²) >= 11 is 0. The van der Waals surface area contributed by atoms with Crippen molar-refractivity contribution in [2.24, 2.45) is 29.1 Å². The number of Topliss-reactive ketones (excluding diaryl/α,β-unsaturated/α-hetero) is 1. The minimum atomic E-state index is -1.42. The Kier molecular flexibility index (Phi) is 5.55. The Balaban J connectivity index is 1.57. The Hall–Kier alpha value is -2.47. The Labute approximate surface area is 207 Å². The van der Waals surface area contributed by atoms with Crippen LogP contribution in [0, 0.1) is 29.1 Å². The van der Waals surface area contributed by atoms with E-state index in [0.717, 1.165) is 12.8 Å². The van der Waals surface area contributed by atoms with E-state index in [2.05, 4.69) is 26.8 Å². The van der Waals surface area contributed by atoms with Crippen molar-refractivity contribution in [1.82, 2.24) is 0 Å². The van der Waals surface area contributed by atoms with Crippen LogP contribution in [0.1, 0.15) is 71.2 Å². The van der Waals surface area contributed by atoms with Crippen molar-refractivity contribution in [3.63, 3.8) is 0 Å². The van der Waals surface area contributed by atoms with E-state index in [1.54, 1.807) is 24.3 Å². The summed E-state index contributed by atoms with van der Waals surface area (Å²) in [5, 5.41) is 0. The fraction of sp³-hybridized carbons (Fsp3) is 0.621. The lowest BCUT2D eigenvalue weighted by Crippen LogP contribution is -2.52. The molecule has 2 saturated carbocycles. The van der Waals surface area contributed by atoms with Gasteiger partial charge >= 0.3 is 11.9 Å². The molecule has 1 heterocycles. The molecule has 35 heavy (non-hydrogen) atoms. The first-order valence-corrected chi connectivity index (χ1v) is 12.8. The minimum Gasteiger partial charge on any atom is -0.458 e. The van der Waals surface area contributed by atoms with Gasteiger partial charge < -0.3 is 14.2 Å². The molecule has 0 unspecified atom stereocenters. The molecule has 1 aromatic rings. The van der Waals surface area contributed by atoms with Crippen LogP contribution in [0.4, 0.5) is 0 Å². The van der Waals surface area contributed by atoms with E-state index in [4.69, 9.17) is 14.2 Å². The van der Waals surface area contributed by atoms with E-state index in [1.165, 1.54) is 6.92 Å². The van der Waals surface area contributed by atoms with Crippen LogP contribution in [-0.4, -0.2) is 41.1 Å². The monoisotopic (exact) mass is 480 g/mol. The first kappa shape index (κ1) is 24.2. The number of carbonyl (C=O) groups is 3. The molecule has 1 aromatic carbocycles. The largest absolute Gasteiger partial charge is 0.458 e. The van der Waals surface area contributed by atoms with Crippen LogP contribution in [0.2, 0.25) is 0 Å². The van der Waals surface area contributed by atoms with Crippen molar-refractivity contribution in [1.29, 1.82) is 0 Å². The number of allylic oxidation sites excluding steroid dienone is 1. The van der Waals surface area contributed by atoms with Crippen molar-refractivity contribution < 1.29 is 28.6 Å². The predicted octanol–water partition coefficient (Wildman–Crippen LogP) is 4.91. The van der Waals surface area contributed by atoms with Crippen molar-refractivity contribution >= 4 is 17.7 Å². The molecule has 4 aliphatic rings. The zero-order valence-electron chi connectivity index (χ0n) is 21.5.